The van der Waals surface area contributed by atoms with Gasteiger partial charge in [-0.2, -0.15) is 0 Å². The van der Waals surface area contributed by atoms with Crippen LogP contribution in [0.25, 0.3) is 0 Å². The van der Waals surface area contributed by atoms with Crippen molar-refractivity contribution >= 4 is 5.84 Å². The van der Waals surface area contributed by atoms with E-state index in [9.17, 15) is 0 Å². The summed E-state index contributed by atoms with van der Waals surface area (Å²) in [5, 5.41) is 7.19. The van der Waals surface area contributed by atoms with Gasteiger partial charge in [0.15, 0.2) is 0 Å². The largest absolute Gasteiger partial charge is 0.385 e. The van der Waals surface area contributed by atoms with Crippen LogP contribution in [0.3, 0.4) is 0 Å². The van der Waals surface area contributed by atoms with Crippen molar-refractivity contribution in [2.75, 3.05) is 6.61 Å². The van der Waals surface area contributed by atoms with Crippen molar-refractivity contribution in [3.63, 3.8) is 0 Å². The molecule has 3 heteroatoms. The quantitative estimate of drug-likeness (QED) is 0.467. The Kier molecular flexibility index (Phi) is 7.48. The molecule has 84 valence electrons. The minimum Gasteiger partial charge on any atom is -0.385 e. The fraction of sp³-hybridized carbons (Fsp3) is 0.909. The van der Waals surface area contributed by atoms with Crippen LogP contribution in [0.15, 0.2) is 0 Å². The van der Waals surface area contributed by atoms with Crippen LogP contribution >= 0.6 is 0 Å². The highest BCUT2D eigenvalue weighted by atomic mass is 16.5. The van der Waals surface area contributed by atoms with Crippen molar-refractivity contribution in [3.8, 4) is 0 Å². The molecular weight excluding hydrogens is 176 g/mol. The zero-order valence-electron chi connectivity index (χ0n) is 9.68. The molecule has 0 bridgehead atoms. The molecule has 0 rings (SSSR count). The van der Waals surface area contributed by atoms with Gasteiger partial charge in [-0.15, -0.1) is 0 Å². The number of amidine groups is 1. The number of nitrogens with one attached hydrogen (secondary N) is 1. The molecule has 3 N–H and O–H groups in total. The smallest absolute Gasteiger partial charge is 0.120 e. The number of ether oxygens (including phenoxy) is 1. The van der Waals surface area contributed by atoms with Gasteiger partial charge in [-0.05, 0) is 19.3 Å². The van der Waals surface area contributed by atoms with E-state index in [4.69, 9.17) is 15.9 Å². The van der Waals surface area contributed by atoms with E-state index in [1.54, 1.807) is 0 Å². The van der Waals surface area contributed by atoms with Crippen molar-refractivity contribution in [2.45, 2.75) is 52.6 Å². The van der Waals surface area contributed by atoms with Crippen LogP contribution in [-0.2, 0) is 4.74 Å². The summed E-state index contributed by atoms with van der Waals surface area (Å²) in [5.41, 5.74) is 5.32. The van der Waals surface area contributed by atoms with Gasteiger partial charge >= 0.3 is 0 Å². The van der Waals surface area contributed by atoms with E-state index in [1.807, 2.05) is 6.92 Å². The monoisotopic (exact) mass is 200 g/mol. The minimum absolute atomic E-state index is 0.121. The normalized spacial score (nSPS) is 15.1. The molecule has 0 radical (unpaired) electrons. The third-order valence-corrected chi connectivity index (χ3v) is 2.56. The van der Waals surface area contributed by atoms with Gasteiger partial charge in [0.2, 0.25) is 0 Å². The lowest BCUT2D eigenvalue weighted by molar-refractivity contribution is 0.0721. The van der Waals surface area contributed by atoms with Crippen molar-refractivity contribution in [1.82, 2.24) is 0 Å². The van der Waals surface area contributed by atoms with Gasteiger partial charge in [-0.3, -0.25) is 5.41 Å². The lowest BCUT2D eigenvalue weighted by Crippen LogP contribution is -2.29. The summed E-state index contributed by atoms with van der Waals surface area (Å²) in [4.78, 5) is 0. The van der Waals surface area contributed by atoms with E-state index >= 15 is 0 Å². The van der Waals surface area contributed by atoms with Crippen LogP contribution in [0.2, 0.25) is 0 Å². The lowest BCUT2D eigenvalue weighted by atomic mass is 10.0. The summed E-state index contributed by atoms with van der Waals surface area (Å²) in [6.45, 7) is 6.94. The van der Waals surface area contributed by atoms with Crippen LogP contribution in [-0.4, -0.2) is 18.5 Å². The van der Waals surface area contributed by atoms with Crippen LogP contribution in [0, 0.1) is 11.3 Å². The summed E-state index contributed by atoms with van der Waals surface area (Å²) < 4.78 is 5.50. The van der Waals surface area contributed by atoms with Crippen molar-refractivity contribution in [3.05, 3.63) is 0 Å². The highest BCUT2D eigenvalue weighted by Crippen LogP contribution is 2.13. The molecule has 0 aromatic carbocycles. The predicted molar refractivity (Wildman–Crippen MR) is 60.6 cm³/mol. The van der Waals surface area contributed by atoms with Crippen molar-refractivity contribution in [2.24, 2.45) is 11.7 Å². The highest BCUT2D eigenvalue weighted by Gasteiger charge is 2.10. The molecule has 0 saturated heterocycles. The Balaban J connectivity index is 3.66. The molecule has 0 fully saturated rings. The molecule has 3 nitrogen and oxygen atoms in total. The average Bonchev–Trinajstić information content (AvgIpc) is 2.17. The molecule has 0 saturated carbocycles. The zero-order chi connectivity index (χ0) is 11.0. The molecule has 2 unspecified atom stereocenters. The van der Waals surface area contributed by atoms with Gasteiger partial charge in [0, 0.05) is 0 Å². The van der Waals surface area contributed by atoms with Gasteiger partial charge in [0.25, 0.3) is 0 Å². The van der Waals surface area contributed by atoms with E-state index in [0.29, 0.717) is 5.92 Å². The zero-order valence-corrected chi connectivity index (χ0v) is 9.68. The van der Waals surface area contributed by atoms with E-state index < -0.39 is 0 Å². The van der Waals surface area contributed by atoms with E-state index in [-0.39, 0.29) is 11.9 Å². The Bertz CT molecular complexity index is 159. The first kappa shape index (κ1) is 13.4. The number of unbranched alkanes of at least 4 members (excludes halogenated alkanes) is 1. The molecule has 0 aliphatic rings. The molecule has 2 atom stereocenters. The van der Waals surface area contributed by atoms with E-state index in [1.165, 1.54) is 19.3 Å². The molecular formula is C11H24N2O. The molecule has 0 aliphatic heterocycles. The predicted octanol–water partition coefficient (Wildman–Crippen LogP) is 2.54. The second kappa shape index (κ2) is 7.80. The Labute approximate surface area is 87.5 Å². The van der Waals surface area contributed by atoms with Crippen molar-refractivity contribution < 1.29 is 4.74 Å². The first-order valence-corrected chi connectivity index (χ1v) is 5.57. The van der Waals surface area contributed by atoms with Crippen LogP contribution < -0.4 is 5.73 Å². The first-order valence-electron chi connectivity index (χ1n) is 5.57. The average molecular weight is 200 g/mol. The van der Waals surface area contributed by atoms with E-state index in [2.05, 4.69) is 13.8 Å². The highest BCUT2D eigenvalue weighted by molar-refractivity contribution is 5.81. The number of hydrogen-bond acceptors (Lipinski definition) is 2. The second-order valence-corrected chi connectivity index (χ2v) is 3.85. The molecule has 14 heavy (non-hydrogen) atoms. The molecule has 0 amide bonds. The summed E-state index contributed by atoms with van der Waals surface area (Å²) in [7, 11) is 0. The number of rotatable bonds is 8. The van der Waals surface area contributed by atoms with Crippen LogP contribution in [0.1, 0.15) is 46.5 Å². The lowest BCUT2D eigenvalue weighted by Gasteiger charge is -2.17. The molecule has 0 heterocycles. The van der Waals surface area contributed by atoms with Gasteiger partial charge in [0.1, 0.15) is 11.9 Å². The topological polar surface area (TPSA) is 59.1 Å². The fourth-order valence-corrected chi connectivity index (χ4v) is 1.27. The summed E-state index contributed by atoms with van der Waals surface area (Å²) in [6, 6.07) is 0. The maximum atomic E-state index is 7.19. The Morgan fingerprint density at radius 1 is 1.43 bits per heavy atom. The summed E-state index contributed by atoms with van der Waals surface area (Å²) in [6.07, 6.45) is 4.63. The Morgan fingerprint density at radius 2 is 2.07 bits per heavy atom. The SMILES string of the molecule is CCCCC(CC)COC(C)C(=N)N. The fourth-order valence-electron chi connectivity index (χ4n) is 1.27. The van der Waals surface area contributed by atoms with Gasteiger partial charge in [0.05, 0.1) is 6.61 Å². The standard InChI is InChI=1S/C11H24N2O/c1-4-6-7-10(5-2)8-14-9(3)11(12)13/h9-10H,4-8H2,1-3H3,(H3,12,13). The maximum Gasteiger partial charge on any atom is 0.120 e. The molecule has 0 aliphatic carbocycles. The van der Waals surface area contributed by atoms with Crippen LogP contribution in [0.4, 0.5) is 0 Å². The Morgan fingerprint density at radius 3 is 2.50 bits per heavy atom. The maximum absolute atomic E-state index is 7.19. The number of nitrogens with two attached hydrogens (primary N) is 1. The molecule has 0 aromatic heterocycles. The Hall–Kier alpha value is -0.570. The molecule has 0 aromatic rings. The van der Waals surface area contributed by atoms with Gasteiger partial charge in [-0.25, -0.2) is 0 Å². The van der Waals surface area contributed by atoms with Gasteiger partial charge < -0.3 is 10.5 Å². The first-order chi connectivity index (χ1) is 6.61. The third kappa shape index (κ3) is 5.97. The number of hydrogen-bond donors (Lipinski definition) is 2. The van der Waals surface area contributed by atoms with Gasteiger partial charge in [-0.1, -0.05) is 33.1 Å². The summed E-state index contributed by atoms with van der Waals surface area (Å²) in [5.74, 6) is 0.743. The van der Waals surface area contributed by atoms with Crippen molar-refractivity contribution in [1.29, 1.82) is 5.41 Å². The second-order valence-electron chi connectivity index (χ2n) is 3.85. The third-order valence-electron chi connectivity index (χ3n) is 2.56. The van der Waals surface area contributed by atoms with E-state index in [0.717, 1.165) is 13.0 Å². The summed E-state index contributed by atoms with van der Waals surface area (Å²) >= 11 is 0. The molecule has 0 spiro atoms. The minimum atomic E-state index is -0.231. The van der Waals surface area contributed by atoms with Crippen LogP contribution in [0.5, 0.6) is 0 Å².